The van der Waals surface area contributed by atoms with Crippen LogP contribution in [0.5, 0.6) is 0 Å². The first kappa shape index (κ1) is 13.9. The molecule has 72 valence electrons. The molecule has 0 heterocycles. The van der Waals surface area contributed by atoms with Crippen LogP contribution in [0.15, 0.2) is 29.7 Å². The van der Waals surface area contributed by atoms with Gasteiger partial charge in [-0.2, -0.15) is 8.42 Å². The first-order valence-corrected chi connectivity index (χ1v) is 5.10. The Balaban J connectivity index is 0. The zero-order chi connectivity index (χ0) is 10.1. The van der Waals surface area contributed by atoms with E-state index in [4.69, 9.17) is 4.55 Å². The molecule has 1 N–H and O–H groups in total. The fourth-order valence-corrected chi connectivity index (χ4v) is 1.79. The molecule has 0 amide bonds. The third-order valence-electron chi connectivity index (χ3n) is 1.71. The van der Waals surface area contributed by atoms with E-state index in [0.717, 1.165) is 5.56 Å². The van der Waals surface area contributed by atoms with Crippen molar-refractivity contribution in [1.29, 1.82) is 0 Å². The van der Waals surface area contributed by atoms with E-state index in [0.29, 0.717) is 5.56 Å². The first-order valence-electron chi connectivity index (χ1n) is 3.65. The molecule has 14 heavy (non-hydrogen) atoms. The summed E-state index contributed by atoms with van der Waals surface area (Å²) in [6.07, 6.45) is 1.61. The molecule has 5 heteroatoms. The summed E-state index contributed by atoms with van der Waals surface area (Å²) in [6, 6.07) is 4.60. The fourth-order valence-electron chi connectivity index (χ4n) is 1.09. The normalized spacial score (nSPS) is 10.4. The van der Waals surface area contributed by atoms with Gasteiger partial charge < -0.3 is 1.43 Å². The Hall–Kier alpha value is -0.130. The molecule has 0 aliphatic heterocycles. The molecule has 0 aliphatic rings. The van der Waals surface area contributed by atoms with E-state index in [1.807, 2.05) is 0 Å². The molecule has 1 aromatic carbocycles. The molecule has 0 atom stereocenters. The van der Waals surface area contributed by atoms with E-state index < -0.39 is 10.1 Å². The number of hydrogen-bond acceptors (Lipinski definition) is 2. The van der Waals surface area contributed by atoms with Crippen LogP contribution >= 0.6 is 0 Å². The Morgan fingerprint density at radius 3 is 2.43 bits per heavy atom. The van der Waals surface area contributed by atoms with Gasteiger partial charge in [-0.25, -0.2) is 0 Å². The van der Waals surface area contributed by atoms with Crippen LogP contribution in [-0.2, 0) is 10.1 Å². The number of aryl methyl sites for hydroxylation is 1. The van der Waals surface area contributed by atoms with Gasteiger partial charge in [-0.15, -0.1) is 0 Å². The largest absolute Gasteiger partial charge is 1.00 e. The van der Waals surface area contributed by atoms with Crippen LogP contribution < -0.4 is 29.6 Å². The molecule has 0 saturated carbocycles. The van der Waals surface area contributed by atoms with E-state index in [1.165, 1.54) is 6.07 Å². The summed E-state index contributed by atoms with van der Waals surface area (Å²) in [5.74, 6) is 0. The molecule has 1 rings (SSSR count). The van der Waals surface area contributed by atoms with E-state index in [1.54, 1.807) is 25.1 Å². The molecule has 1 aromatic rings. The maximum absolute atomic E-state index is 10.8. The van der Waals surface area contributed by atoms with E-state index in [-0.39, 0.29) is 35.9 Å². The Morgan fingerprint density at radius 2 is 2.07 bits per heavy atom. The molecular formula is C9H11NaO3S. The first-order chi connectivity index (χ1) is 5.95. The van der Waals surface area contributed by atoms with Gasteiger partial charge in [0.15, 0.2) is 0 Å². The summed E-state index contributed by atoms with van der Waals surface area (Å²) in [5.41, 5.74) is 1.34. The summed E-state index contributed by atoms with van der Waals surface area (Å²) >= 11 is 0. The SMILES string of the molecule is C=Cc1ccc(S(=O)(=O)O)c(C)c1.[H-].[Na+]. The van der Waals surface area contributed by atoms with Gasteiger partial charge in [-0.3, -0.25) is 4.55 Å². The molecular weight excluding hydrogens is 211 g/mol. The smallest absolute Gasteiger partial charge is 1.00 e. The van der Waals surface area contributed by atoms with Gasteiger partial charge in [0, 0.05) is 0 Å². The van der Waals surface area contributed by atoms with Gasteiger partial charge in [-0.1, -0.05) is 24.8 Å². The molecule has 0 spiro atoms. The van der Waals surface area contributed by atoms with Gasteiger partial charge in [-0.05, 0) is 24.1 Å². The molecule has 0 radical (unpaired) electrons. The van der Waals surface area contributed by atoms with Gasteiger partial charge >= 0.3 is 29.6 Å². The van der Waals surface area contributed by atoms with Crippen LogP contribution in [0.3, 0.4) is 0 Å². The Labute approximate surface area is 107 Å². The minimum Gasteiger partial charge on any atom is -1.00 e. The van der Waals surface area contributed by atoms with Gasteiger partial charge in [0.25, 0.3) is 10.1 Å². The van der Waals surface area contributed by atoms with Crippen LogP contribution in [0, 0.1) is 6.92 Å². The maximum atomic E-state index is 10.8. The van der Waals surface area contributed by atoms with Crippen molar-refractivity contribution in [3.8, 4) is 0 Å². The quantitative estimate of drug-likeness (QED) is 0.516. The predicted molar refractivity (Wildman–Crippen MR) is 52.2 cm³/mol. The van der Waals surface area contributed by atoms with Crippen molar-refractivity contribution in [2.24, 2.45) is 0 Å². The van der Waals surface area contributed by atoms with Crippen molar-refractivity contribution in [2.45, 2.75) is 11.8 Å². The molecule has 0 bridgehead atoms. The summed E-state index contributed by atoms with van der Waals surface area (Å²) in [4.78, 5) is -0.0573. The minimum atomic E-state index is -4.09. The standard InChI is InChI=1S/C9H10O3S.Na.H/c1-3-8-4-5-9(7(2)6-8)13(10,11)12;;/h3-6H,1H2,2H3,(H,10,11,12);;/q;+1;-1. The van der Waals surface area contributed by atoms with E-state index in [2.05, 4.69) is 6.58 Å². The molecule has 0 saturated heterocycles. The Bertz CT molecular complexity index is 443. The van der Waals surface area contributed by atoms with Crippen LogP contribution in [0.4, 0.5) is 0 Å². The monoisotopic (exact) mass is 222 g/mol. The molecule has 0 fully saturated rings. The maximum Gasteiger partial charge on any atom is 1.00 e. The zero-order valence-electron chi connectivity index (χ0n) is 9.19. The van der Waals surface area contributed by atoms with Gasteiger partial charge in [0.1, 0.15) is 0 Å². The topological polar surface area (TPSA) is 54.4 Å². The number of benzene rings is 1. The average molecular weight is 222 g/mol. The van der Waals surface area contributed by atoms with Crippen LogP contribution in [0.25, 0.3) is 6.08 Å². The number of rotatable bonds is 2. The Kier molecular flexibility index (Phi) is 5.05. The molecule has 0 unspecified atom stereocenters. The molecule has 0 aromatic heterocycles. The molecule has 3 nitrogen and oxygen atoms in total. The van der Waals surface area contributed by atoms with E-state index in [9.17, 15) is 8.42 Å². The number of hydrogen-bond donors (Lipinski definition) is 1. The zero-order valence-corrected chi connectivity index (χ0v) is 11.0. The van der Waals surface area contributed by atoms with Crippen molar-refractivity contribution in [3.05, 3.63) is 35.9 Å². The van der Waals surface area contributed by atoms with Gasteiger partial charge in [0.05, 0.1) is 4.90 Å². The second-order valence-corrected chi connectivity index (χ2v) is 4.09. The minimum absolute atomic E-state index is 0. The summed E-state index contributed by atoms with van der Waals surface area (Å²) in [7, 11) is -4.09. The molecule has 0 aliphatic carbocycles. The van der Waals surface area contributed by atoms with Crippen molar-refractivity contribution in [2.75, 3.05) is 0 Å². The van der Waals surface area contributed by atoms with Crippen molar-refractivity contribution in [3.63, 3.8) is 0 Å². The summed E-state index contributed by atoms with van der Waals surface area (Å²) in [6.45, 7) is 5.17. The Morgan fingerprint density at radius 1 is 1.50 bits per heavy atom. The summed E-state index contributed by atoms with van der Waals surface area (Å²) in [5, 5.41) is 0. The van der Waals surface area contributed by atoms with Gasteiger partial charge in [0.2, 0.25) is 0 Å². The van der Waals surface area contributed by atoms with Crippen LogP contribution in [0.1, 0.15) is 12.6 Å². The summed E-state index contributed by atoms with van der Waals surface area (Å²) < 4.78 is 30.3. The third-order valence-corrected chi connectivity index (χ3v) is 2.73. The third kappa shape index (κ3) is 3.22. The second kappa shape index (κ2) is 5.09. The van der Waals surface area contributed by atoms with Crippen molar-refractivity contribution in [1.82, 2.24) is 0 Å². The average Bonchev–Trinajstić information content (AvgIpc) is 2.01. The van der Waals surface area contributed by atoms with Crippen LogP contribution in [-0.4, -0.2) is 13.0 Å². The fraction of sp³-hybridized carbons (Fsp3) is 0.111. The second-order valence-electron chi connectivity index (χ2n) is 2.70. The van der Waals surface area contributed by atoms with Crippen LogP contribution in [0.2, 0.25) is 0 Å². The van der Waals surface area contributed by atoms with E-state index >= 15 is 0 Å². The van der Waals surface area contributed by atoms with Crippen molar-refractivity contribution >= 4 is 16.2 Å². The van der Waals surface area contributed by atoms with Crippen molar-refractivity contribution < 1.29 is 44.0 Å². The predicted octanol–water partition coefficient (Wildman–Crippen LogP) is -0.999.